The van der Waals surface area contributed by atoms with Gasteiger partial charge in [0.2, 0.25) is 0 Å². The first kappa shape index (κ1) is 10.5. The maximum atomic E-state index is 8.27. The van der Waals surface area contributed by atoms with Gasteiger partial charge in [-0.3, -0.25) is 0 Å². The zero-order valence-corrected chi connectivity index (χ0v) is 8.09. The van der Waals surface area contributed by atoms with Crippen molar-refractivity contribution < 1.29 is 4.74 Å². The quantitative estimate of drug-likeness (QED) is 0.632. The lowest BCUT2D eigenvalue weighted by Crippen LogP contribution is -2.22. The molecule has 0 aromatic rings. The second kappa shape index (κ2) is 6.88. The Kier molecular flexibility index (Phi) is 5.55. The first-order valence-electron chi connectivity index (χ1n) is 5.13. The summed E-state index contributed by atoms with van der Waals surface area (Å²) in [5, 5.41) is 11.4. The van der Waals surface area contributed by atoms with Crippen LogP contribution in [0.1, 0.15) is 32.1 Å². The lowest BCUT2D eigenvalue weighted by Gasteiger charge is -2.10. The Balaban J connectivity index is 1.81. The minimum atomic E-state index is 0.512. The van der Waals surface area contributed by atoms with Gasteiger partial charge in [0.05, 0.1) is 18.8 Å². The fraction of sp³-hybridized carbons (Fsp3) is 0.900. The maximum absolute atomic E-state index is 8.27. The van der Waals surface area contributed by atoms with Gasteiger partial charge in [-0.25, -0.2) is 0 Å². The maximum Gasteiger partial charge on any atom is 0.0635 e. The van der Waals surface area contributed by atoms with Crippen molar-refractivity contribution in [3.05, 3.63) is 0 Å². The van der Waals surface area contributed by atoms with Gasteiger partial charge in [0.1, 0.15) is 0 Å². The average Bonchev–Trinajstić information content (AvgIpc) is 2.63. The Morgan fingerprint density at radius 1 is 1.31 bits per heavy atom. The summed E-state index contributed by atoms with van der Waals surface area (Å²) in [7, 11) is 0. The van der Waals surface area contributed by atoms with E-state index in [1.165, 1.54) is 25.7 Å². The SMILES string of the molecule is N#CCCNCCOC1CCCC1. The third-order valence-corrected chi connectivity index (χ3v) is 2.35. The Hall–Kier alpha value is -0.590. The summed E-state index contributed by atoms with van der Waals surface area (Å²) >= 11 is 0. The molecule has 0 amide bonds. The van der Waals surface area contributed by atoms with Gasteiger partial charge in [0, 0.05) is 19.5 Å². The molecule has 1 aliphatic rings. The molecule has 1 N–H and O–H groups in total. The molecular weight excluding hydrogens is 164 g/mol. The molecule has 1 fully saturated rings. The van der Waals surface area contributed by atoms with Crippen molar-refractivity contribution in [3.63, 3.8) is 0 Å². The van der Waals surface area contributed by atoms with Gasteiger partial charge in [-0.2, -0.15) is 5.26 Å². The van der Waals surface area contributed by atoms with Gasteiger partial charge in [-0.05, 0) is 12.8 Å². The number of nitrogens with zero attached hydrogens (tertiary/aromatic N) is 1. The van der Waals surface area contributed by atoms with Crippen LogP contribution in [0.2, 0.25) is 0 Å². The van der Waals surface area contributed by atoms with E-state index in [1.807, 2.05) is 0 Å². The predicted molar refractivity (Wildman–Crippen MR) is 51.3 cm³/mol. The smallest absolute Gasteiger partial charge is 0.0635 e. The summed E-state index contributed by atoms with van der Waals surface area (Å²) in [5.41, 5.74) is 0. The van der Waals surface area contributed by atoms with Crippen molar-refractivity contribution in [2.75, 3.05) is 19.7 Å². The van der Waals surface area contributed by atoms with Gasteiger partial charge >= 0.3 is 0 Å². The van der Waals surface area contributed by atoms with Crippen molar-refractivity contribution in [3.8, 4) is 6.07 Å². The average molecular weight is 182 g/mol. The first-order valence-corrected chi connectivity index (χ1v) is 5.13. The molecule has 0 unspecified atom stereocenters. The molecule has 0 radical (unpaired) electrons. The van der Waals surface area contributed by atoms with E-state index < -0.39 is 0 Å². The van der Waals surface area contributed by atoms with Crippen molar-refractivity contribution in [1.82, 2.24) is 5.32 Å². The molecule has 74 valence electrons. The normalized spacial score (nSPS) is 17.5. The largest absolute Gasteiger partial charge is 0.377 e. The van der Waals surface area contributed by atoms with Crippen LogP contribution in [0.5, 0.6) is 0 Å². The summed E-state index contributed by atoms with van der Waals surface area (Å²) in [6.45, 7) is 2.44. The highest BCUT2D eigenvalue weighted by molar-refractivity contribution is 4.70. The molecule has 13 heavy (non-hydrogen) atoms. The van der Waals surface area contributed by atoms with Crippen LogP contribution >= 0.6 is 0 Å². The van der Waals surface area contributed by atoms with E-state index in [2.05, 4.69) is 11.4 Å². The Morgan fingerprint density at radius 3 is 2.77 bits per heavy atom. The van der Waals surface area contributed by atoms with Crippen molar-refractivity contribution in [1.29, 1.82) is 5.26 Å². The molecule has 0 aromatic carbocycles. The zero-order chi connectivity index (χ0) is 9.36. The van der Waals surface area contributed by atoms with Gasteiger partial charge in [0.15, 0.2) is 0 Å². The number of hydrogen-bond acceptors (Lipinski definition) is 3. The molecule has 0 spiro atoms. The lowest BCUT2D eigenvalue weighted by molar-refractivity contribution is 0.0605. The molecule has 0 aromatic heterocycles. The van der Waals surface area contributed by atoms with E-state index >= 15 is 0 Å². The third-order valence-electron chi connectivity index (χ3n) is 2.35. The minimum Gasteiger partial charge on any atom is -0.377 e. The monoisotopic (exact) mass is 182 g/mol. The second-order valence-corrected chi connectivity index (χ2v) is 3.44. The molecular formula is C10H18N2O. The summed E-state index contributed by atoms with van der Waals surface area (Å²) in [6, 6.07) is 2.10. The Labute approximate surface area is 80.1 Å². The van der Waals surface area contributed by atoms with Crippen LogP contribution in [0.15, 0.2) is 0 Å². The molecule has 1 aliphatic carbocycles. The summed E-state index contributed by atoms with van der Waals surface area (Å²) in [5.74, 6) is 0. The molecule has 3 nitrogen and oxygen atoms in total. The van der Waals surface area contributed by atoms with Crippen LogP contribution in [-0.2, 0) is 4.74 Å². The van der Waals surface area contributed by atoms with Crippen LogP contribution in [0.4, 0.5) is 0 Å². The van der Waals surface area contributed by atoms with E-state index in [4.69, 9.17) is 10.00 Å². The second-order valence-electron chi connectivity index (χ2n) is 3.44. The highest BCUT2D eigenvalue weighted by Gasteiger charge is 2.14. The summed E-state index contributed by atoms with van der Waals surface area (Å²) in [6.07, 6.45) is 6.22. The van der Waals surface area contributed by atoms with Crippen LogP contribution in [-0.4, -0.2) is 25.8 Å². The van der Waals surface area contributed by atoms with Crippen molar-refractivity contribution >= 4 is 0 Å². The molecule has 0 heterocycles. The van der Waals surface area contributed by atoms with E-state index in [9.17, 15) is 0 Å². The zero-order valence-electron chi connectivity index (χ0n) is 8.09. The van der Waals surface area contributed by atoms with E-state index in [-0.39, 0.29) is 0 Å². The first-order chi connectivity index (χ1) is 6.43. The fourth-order valence-electron chi connectivity index (χ4n) is 1.62. The molecule has 1 saturated carbocycles. The molecule has 1 rings (SSSR count). The number of rotatable bonds is 6. The van der Waals surface area contributed by atoms with E-state index in [0.29, 0.717) is 12.5 Å². The number of ether oxygens (including phenoxy) is 1. The molecule has 0 aliphatic heterocycles. The lowest BCUT2D eigenvalue weighted by atomic mass is 10.3. The highest BCUT2D eigenvalue weighted by atomic mass is 16.5. The van der Waals surface area contributed by atoms with Gasteiger partial charge in [-0.15, -0.1) is 0 Å². The molecule has 0 saturated heterocycles. The topological polar surface area (TPSA) is 45.0 Å². The minimum absolute atomic E-state index is 0.512. The van der Waals surface area contributed by atoms with Gasteiger partial charge < -0.3 is 10.1 Å². The highest BCUT2D eigenvalue weighted by Crippen LogP contribution is 2.20. The van der Waals surface area contributed by atoms with E-state index in [0.717, 1.165) is 19.7 Å². The number of hydrogen-bond donors (Lipinski definition) is 1. The Bertz CT molecular complexity index is 159. The van der Waals surface area contributed by atoms with Crippen LogP contribution in [0.25, 0.3) is 0 Å². The molecule has 0 atom stereocenters. The Morgan fingerprint density at radius 2 is 2.08 bits per heavy atom. The van der Waals surface area contributed by atoms with Crippen LogP contribution < -0.4 is 5.32 Å². The van der Waals surface area contributed by atoms with Crippen molar-refractivity contribution in [2.24, 2.45) is 0 Å². The predicted octanol–water partition coefficient (Wildman–Crippen LogP) is 1.45. The summed E-state index contributed by atoms with van der Waals surface area (Å²) in [4.78, 5) is 0. The number of nitriles is 1. The number of nitrogens with one attached hydrogen (secondary N) is 1. The fourth-order valence-corrected chi connectivity index (χ4v) is 1.62. The van der Waals surface area contributed by atoms with Gasteiger partial charge in [0.25, 0.3) is 0 Å². The van der Waals surface area contributed by atoms with Crippen LogP contribution in [0, 0.1) is 11.3 Å². The molecule has 0 bridgehead atoms. The third kappa shape index (κ3) is 4.87. The standard InChI is InChI=1S/C10H18N2O/c11-6-3-7-12-8-9-13-10-4-1-2-5-10/h10,12H,1-5,7-9H2. The van der Waals surface area contributed by atoms with Crippen molar-refractivity contribution in [2.45, 2.75) is 38.2 Å². The summed E-state index contributed by atoms with van der Waals surface area (Å²) < 4.78 is 5.64. The van der Waals surface area contributed by atoms with E-state index in [1.54, 1.807) is 0 Å². The molecule has 3 heteroatoms. The van der Waals surface area contributed by atoms with Crippen LogP contribution in [0.3, 0.4) is 0 Å². The van der Waals surface area contributed by atoms with Gasteiger partial charge in [-0.1, -0.05) is 12.8 Å².